The van der Waals surface area contributed by atoms with Gasteiger partial charge in [-0.25, -0.2) is 4.79 Å². The number of hydrogen-bond donors (Lipinski definition) is 2. The van der Waals surface area contributed by atoms with Gasteiger partial charge in [0.15, 0.2) is 0 Å². The van der Waals surface area contributed by atoms with Crippen molar-refractivity contribution in [1.82, 2.24) is 10.2 Å². The molecule has 1 saturated heterocycles. The third-order valence-corrected chi connectivity index (χ3v) is 7.38. The molecule has 138 valence electrons. The first-order chi connectivity index (χ1) is 11.9. The van der Waals surface area contributed by atoms with Gasteiger partial charge >= 0.3 is 6.03 Å². The van der Waals surface area contributed by atoms with Crippen LogP contribution in [0.2, 0.25) is 0 Å². The maximum Gasteiger partial charge on any atom is 0.314 e. The van der Waals surface area contributed by atoms with Crippen LogP contribution in [0.15, 0.2) is 11.6 Å². The molecule has 0 radical (unpaired) electrons. The third kappa shape index (κ3) is 3.30. The zero-order chi connectivity index (χ0) is 17.6. The van der Waals surface area contributed by atoms with Crippen molar-refractivity contribution in [3.8, 4) is 0 Å². The Balaban J connectivity index is 1.36. The first-order valence-corrected chi connectivity index (χ1v) is 9.97. The van der Waals surface area contributed by atoms with Gasteiger partial charge in [-0.1, -0.05) is 5.57 Å². The van der Waals surface area contributed by atoms with Crippen LogP contribution in [0.5, 0.6) is 0 Å². The van der Waals surface area contributed by atoms with E-state index in [4.69, 9.17) is 5.73 Å². The van der Waals surface area contributed by atoms with Crippen LogP contribution < -0.4 is 11.1 Å². The number of hydrogen-bond acceptors (Lipinski definition) is 2. The van der Waals surface area contributed by atoms with Gasteiger partial charge in [-0.3, -0.25) is 4.79 Å². The molecule has 4 saturated carbocycles. The molecule has 0 unspecified atom stereocenters. The topological polar surface area (TPSA) is 75.4 Å². The number of carbonyl (C=O) groups excluding carboxylic acids is 2. The lowest BCUT2D eigenvalue weighted by Crippen LogP contribution is -2.48. The maximum absolute atomic E-state index is 12.5. The van der Waals surface area contributed by atoms with E-state index < -0.39 is 0 Å². The fourth-order valence-corrected chi connectivity index (χ4v) is 6.43. The molecule has 3 N–H and O–H groups in total. The number of likely N-dealkylation sites (tertiary alicyclic amines) is 1. The Bertz CT molecular complexity index is 554. The molecule has 5 rings (SSSR count). The van der Waals surface area contributed by atoms with Gasteiger partial charge in [0, 0.05) is 25.2 Å². The summed E-state index contributed by atoms with van der Waals surface area (Å²) in [7, 11) is 0. The highest BCUT2D eigenvalue weighted by atomic mass is 16.2. The predicted octanol–water partition coefficient (Wildman–Crippen LogP) is 2.81. The summed E-state index contributed by atoms with van der Waals surface area (Å²) < 4.78 is 0. The number of piperidine rings is 1. The zero-order valence-corrected chi connectivity index (χ0v) is 15.3. The SMILES string of the molecule is C/C(=C\C(=O)NC1CCN(C(N)=O)CC1)C12CC3CC(CC(C3)C1)C2. The van der Waals surface area contributed by atoms with Crippen LogP contribution >= 0.6 is 0 Å². The number of amides is 3. The molecule has 0 aromatic carbocycles. The Morgan fingerprint density at radius 2 is 1.56 bits per heavy atom. The second kappa shape index (κ2) is 6.33. The van der Waals surface area contributed by atoms with E-state index in [1.807, 2.05) is 6.08 Å². The van der Waals surface area contributed by atoms with Crippen molar-refractivity contribution in [3.63, 3.8) is 0 Å². The molecule has 25 heavy (non-hydrogen) atoms. The Morgan fingerprint density at radius 1 is 1.04 bits per heavy atom. The van der Waals surface area contributed by atoms with E-state index in [0.29, 0.717) is 18.5 Å². The average molecular weight is 345 g/mol. The van der Waals surface area contributed by atoms with E-state index in [-0.39, 0.29) is 18.0 Å². The molecule has 4 bridgehead atoms. The summed E-state index contributed by atoms with van der Waals surface area (Å²) in [5.41, 5.74) is 6.93. The van der Waals surface area contributed by atoms with Crippen molar-refractivity contribution in [2.24, 2.45) is 28.9 Å². The van der Waals surface area contributed by atoms with E-state index in [9.17, 15) is 9.59 Å². The predicted molar refractivity (Wildman–Crippen MR) is 96.7 cm³/mol. The Kier molecular flexibility index (Phi) is 4.28. The van der Waals surface area contributed by atoms with Gasteiger partial charge in [-0.05, 0) is 81.5 Å². The summed E-state index contributed by atoms with van der Waals surface area (Å²) in [6.07, 6.45) is 11.6. The molecule has 5 heteroatoms. The molecule has 5 fully saturated rings. The molecule has 5 nitrogen and oxygen atoms in total. The van der Waals surface area contributed by atoms with Crippen molar-refractivity contribution in [2.75, 3.05) is 13.1 Å². The van der Waals surface area contributed by atoms with Crippen molar-refractivity contribution in [2.45, 2.75) is 64.3 Å². The first-order valence-electron chi connectivity index (χ1n) is 9.97. The van der Waals surface area contributed by atoms with Crippen LogP contribution in [0, 0.1) is 23.2 Å². The average Bonchev–Trinajstić information content (AvgIpc) is 2.54. The van der Waals surface area contributed by atoms with Crippen LogP contribution in [0.4, 0.5) is 4.79 Å². The molecular formula is C20H31N3O2. The molecular weight excluding hydrogens is 314 g/mol. The Labute approximate surface area is 150 Å². The van der Waals surface area contributed by atoms with Crippen LogP contribution in [0.3, 0.4) is 0 Å². The van der Waals surface area contributed by atoms with Crippen molar-refractivity contribution < 1.29 is 9.59 Å². The summed E-state index contributed by atoms with van der Waals surface area (Å²) in [6.45, 7) is 3.46. The van der Waals surface area contributed by atoms with Gasteiger partial charge in [0.05, 0.1) is 0 Å². The number of allylic oxidation sites excluding steroid dienone is 1. The fraction of sp³-hybridized carbons (Fsp3) is 0.800. The molecule has 0 spiro atoms. The third-order valence-electron chi connectivity index (χ3n) is 7.38. The molecule has 0 aromatic rings. The summed E-state index contributed by atoms with van der Waals surface area (Å²) in [5, 5.41) is 3.15. The van der Waals surface area contributed by atoms with Crippen molar-refractivity contribution in [3.05, 3.63) is 11.6 Å². The Morgan fingerprint density at radius 3 is 2.04 bits per heavy atom. The van der Waals surface area contributed by atoms with Crippen molar-refractivity contribution in [1.29, 1.82) is 0 Å². The van der Waals surface area contributed by atoms with Gasteiger partial charge in [-0.15, -0.1) is 0 Å². The number of carbonyl (C=O) groups is 2. The van der Waals surface area contributed by atoms with Crippen LogP contribution in [0.1, 0.15) is 58.3 Å². The number of nitrogens with two attached hydrogens (primary N) is 1. The van der Waals surface area contributed by atoms with Gasteiger partial charge in [0.1, 0.15) is 0 Å². The zero-order valence-electron chi connectivity index (χ0n) is 15.3. The lowest BCUT2D eigenvalue weighted by atomic mass is 9.48. The number of rotatable bonds is 3. The summed E-state index contributed by atoms with van der Waals surface area (Å²) >= 11 is 0. The normalized spacial score (nSPS) is 38.0. The monoisotopic (exact) mass is 345 g/mol. The second-order valence-electron chi connectivity index (χ2n) is 9.13. The number of primary amides is 1. The second-order valence-corrected chi connectivity index (χ2v) is 9.13. The Hall–Kier alpha value is -1.52. The van der Waals surface area contributed by atoms with Crippen LogP contribution in [-0.2, 0) is 4.79 Å². The highest BCUT2D eigenvalue weighted by molar-refractivity contribution is 5.88. The standard InChI is InChI=1S/C20H31N3O2/c1-13(20-10-14-7-15(11-20)9-16(8-14)12-20)6-18(24)22-17-2-4-23(5-3-17)19(21)25/h6,14-17H,2-5,7-12H2,1H3,(H2,21,25)(H,22,24)/b13-6+. The molecule has 1 aliphatic heterocycles. The minimum atomic E-state index is -0.359. The lowest BCUT2D eigenvalue weighted by Gasteiger charge is -2.57. The molecule has 5 aliphatic rings. The van der Waals surface area contributed by atoms with Crippen LogP contribution in [0.25, 0.3) is 0 Å². The molecule has 1 heterocycles. The summed E-state index contributed by atoms with van der Waals surface area (Å²) in [5.74, 6) is 2.74. The maximum atomic E-state index is 12.5. The molecule has 0 aromatic heterocycles. The smallest absolute Gasteiger partial charge is 0.314 e. The first kappa shape index (κ1) is 16.9. The van der Waals surface area contributed by atoms with E-state index in [2.05, 4.69) is 12.2 Å². The number of nitrogens with one attached hydrogen (secondary N) is 1. The van der Waals surface area contributed by atoms with E-state index in [1.54, 1.807) is 4.90 Å². The van der Waals surface area contributed by atoms with E-state index in [1.165, 1.54) is 44.1 Å². The fourth-order valence-electron chi connectivity index (χ4n) is 6.43. The number of nitrogens with zero attached hydrogens (tertiary/aromatic N) is 1. The minimum Gasteiger partial charge on any atom is -0.351 e. The van der Waals surface area contributed by atoms with Crippen LogP contribution in [-0.4, -0.2) is 36.0 Å². The summed E-state index contributed by atoms with van der Waals surface area (Å²) in [4.78, 5) is 25.4. The molecule has 3 amide bonds. The molecule has 0 atom stereocenters. The van der Waals surface area contributed by atoms with Gasteiger partial charge < -0.3 is 16.0 Å². The minimum absolute atomic E-state index is 0.0470. The quantitative estimate of drug-likeness (QED) is 0.772. The highest BCUT2D eigenvalue weighted by Crippen LogP contribution is 2.62. The number of urea groups is 1. The van der Waals surface area contributed by atoms with E-state index >= 15 is 0 Å². The van der Waals surface area contributed by atoms with E-state index in [0.717, 1.165) is 30.6 Å². The highest BCUT2D eigenvalue weighted by Gasteiger charge is 2.51. The summed E-state index contributed by atoms with van der Waals surface area (Å²) in [6, 6.07) is -0.203. The van der Waals surface area contributed by atoms with Gasteiger partial charge in [0.2, 0.25) is 5.91 Å². The lowest BCUT2D eigenvalue weighted by molar-refractivity contribution is -0.117. The van der Waals surface area contributed by atoms with Crippen molar-refractivity contribution >= 4 is 11.9 Å². The largest absolute Gasteiger partial charge is 0.351 e. The van der Waals surface area contributed by atoms with Gasteiger partial charge in [0.25, 0.3) is 0 Å². The van der Waals surface area contributed by atoms with Gasteiger partial charge in [-0.2, -0.15) is 0 Å². The molecule has 4 aliphatic carbocycles.